The lowest BCUT2D eigenvalue weighted by Crippen LogP contribution is -2.11. The summed E-state index contributed by atoms with van der Waals surface area (Å²) < 4.78 is 6.95. The SMILES string of the molecule is c1ccc(-c2ccc(-c3ccccc3)c(-c3ccc(N(c4cccc5c4ccc4ccccc45)c4ccc(-c5cccc6ccccc56)c5oc6ccccc6c45)cc3)c2)cc1. The zero-order chi connectivity index (χ0) is 41.0. The summed E-state index contributed by atoms with van der Waals surface area (Å²) in [5, 5.41) is 9.41. The van der Waals surface area contributed by atoms with Gasteiger partial charge in [-0.25, -0.2) is 0 Å². The van der Waals surface area contributed by atoms with Gasteiger partial charge in [-0.1, -0.05) is 194 Å². The average Bonchev–Trinajstić information content (AvgIpc) is 3.75. The molecule has 290 valence electrons. The van der Waals surface area contributed by atoms with E-state index in [1.165, 1.54) is 60.1 Å². The Morgan fingerprint density at radius 1 is 0.290 bits per heavy atom. The van der Waals surface area contributed by atoms with Crippen molar-refractivity contribution in [3.05, 3.63) is 237 Å². The molecule has 0 unspecified atom stereocenters. The molecule has 0 saturated carbocycles. The fourth-order valence-corrected chi connectivity index (χ4v) is 9.55. The van der Waals surface area contributed by atoms with E-state index in [2.05, 4.69) is 241 Å². The van der Waals surface area contributed by atoms with E-state index in [0.717, 1.165) is 55.7 Å². The molecule has 0 amide bonds. The highest BCUT2D eigenvalue weighted by Crippen LogP contribution is 2.49. The molecule has 0 fully saturated rings. The molecule has 0 aliphatic heterocycles. The number of anilines is 3. The van der Waals surface area contributed by atoms with Crippen LogP contribution in [0.25, 0.3) is 98.8 Å². The molecule has 0 aliphatic rings. The normalized spacial score (nSPS) is 11.5. The monoisotopic (exact) mass is 789 g/mol. The van der Waals surface area contributed by atoms with Gasteiger partial charge in [-0.15, -0.1) is 0 Å². The standard InChI is InChI=1S/C60H39NO/c1-3-15-40(16-4-1)45-32-35-49(41-17-5-2-6-18-41)55(39-45)44-29-33-46(34-30-44)61(56-27-14-26-50-48-23-10-8-20-43(48)31-36-52(50)56)57-38-37-53(51-25-13-21-42-19-7-9-22-47(42)51)60-59(57)54-24-11-12-28-58(54)62-60/h1-39H. The average molecular weight is 790 g/mol. The Morgan fingerprint density at radius 2 is 0.887 bits per heavy atom. The first-order valence-corrected chi connectivity index (χ1v) is 21.3. The van der Waals surface area contributed by atoms with Gasteiger partial charge in [0, 0.05) is 22.0 Å². The van der Waals surface area contributed by atoms with Gasteiger partial charge in [-0.2, -0.15) is 0 Å². The van der Waals surface area contributed by atoms with Crippen molar-refractivity contribution < 1.29 is 4.42 Å². The summed E-state index contributed by atoms with van der Waals surface area (Å²) in [6, 6.07) is 85.4. The van der Waals surface area contributed by atoms with Crippen LogP contribution in [0, 0.1) is 0 Å². The van der Waals surface area contributed by atoms with E-state index in [0.29, 0.717) is 0 Å². The predicted octanol–water partition coefficient (Wildman–Crippen LogP) is 17.2. The molecule has 0 N–H and O–H groups in total. The van der Waals surface area contributed by atoms with Crippen LogP contribution in [0.2, 0.25) is 0 Å². The lowest BCUT2D eigenvalue weighted by molar-refractivity contribution is 0.670. The third-order valence-electron chi connectivity index (χ3n) is 12.5. The maximum Gasteiger partial charge on any atom is 0.145 e. The largest absolute Gasteiger partial charge is 0.455 e. The van der Waals surface area contributed by atoms with Crippen LogP contribution in [0.15, 0.2) is 241 Å². The number of nitrogens with zero attached hydrogens (tertiary/aromatic N) is 1. The summed E-state index contributed by atoms with van der Waals surface area (Å²) >= 11 is 0. The summed E-state index contributed by atoms with van der Waals surface area (Å²) in [5.41, 5.74) is 14.3. The molecule has 12 aromatic rings. The third-order valence-corrected chi connectivity index (χ3v) is 12.5. The third kappa shape index (κ3) is 5.96. The zero-order valence-electron chi connectivity index (χ0n) is 33.9. The Balaban J connectivity index is 1.11. The minimum absolute atomic E-state index is 0.863. The summed E-state index contributed by atoms with van der Waals surface area (Å²) in [6.45, 7) is 0. The molecule has 12 rings (SSSR count). The van der Waals surface area contributed by atoms with Gasteiger partial charge in [0.15, 0.2) is 0 Å². The van der Waals surface area contributed by atoms with Gasteiger partial charge in [0.25, 0.3) is 0 Å². The van der Waals surface area contributed by atoms with Gasteiger partial charge in [0.1, 0.15) is 11.2 Å². The Hall–Kier alpha value is -8.20. The summed E-state index contributed by atoms with van der Waals surface area (Å²) in [7, 11) is 0. The minimum Gasteiger partial charge on any atom is -0.455 e. The highest BCUT2D eigenvalue weighted by Gasteiger charge is 2.24. The highest BCUT2D eigenvalue weighted by molar-refractivity contribution is 6.20. The number of hydrogen-bond acceptors (Lipinski definition) is 2. The Labute approximate surface area is 360 Å². The van der Waals surface area contributed by atoms with Gasteiger partial charge in [0.2, 0.25) is 0 Å². The number of furan rings is 1. The first kappa shape index (κ1) is 35.7. The quantitative estimate of drug-likeness (QED) is 0.150. The van der Waals surface area contributed by atoms with E-state index in [4.69, 9.17) is 4.42 Å². The van der Waals surface area contributed by atoms with Crippen LogP contribution in [0.5, 0.6) is 0 Å². The van der Waals surface area contributed by atoms with Crippen LogP contribution < -0.4 is 4.90 Å². The number of benzene rings is 11. The molecular formula is C60H39NO. The summed E-state index contributed by atoms with van der Waals surface area (Å²) in [4.78, 5) is 2.44. The van der Waals surface area contributed by atoms with Crippen LogP contribution >= 0.6 is 0 Å². The summed E-state index contributed by atoms with van der Waals surface area (Å²) in [6.07, 6.45) is 0. The van der Waals surface area contributed by atoms with Crippen molar-refractivity contribution in [1.29, 1.82) is 0 Å². The molecule has 62 heavy (non-hydrogen) atoms. The number of fused-ring (bicyclic) bond motifs is 7. The van der Waals surface area contributed by atoms with Crippen molar-refractivity contribution in [2.45, 2.75) is 0 Å². The van der Waals surface area contributed by atoms with Gasteiger partial charge >= 0.3 is 0 Å². The molecular weight excluding hydrogens is 751 g/mol. The number of hydrogen-bond donors (Lipinski definition) is 0. The molecule has 1 heterocycles. The highest BCUT2D eigenvalue weighted by atomic mass is 16.3. The first-order chi connectivity index (χ1) is 30.8. The van der Waals surface area contributed by atoms with E-state index in [1.807, 2.05) is 0 Å². The van der Waals surface area contributed by atoms with Crippen molar-refractivity contribution >= 4 is 71.3 Å². The predicted molar refractivity (Wildman–Crippen MR) is 263 cm³/mol. The van der Waals surface area contributed by atoms with Crippen molar-refractivity contribution in [3.8, 4) is 44.5 Å². The van der Waals surface area contributed by atoms with Crippen LogP contribution in [-0.4, -0.2) is 0 Å². The first-order valence-electron chi connectivity index (χ1n) is 21.3. The second kappa shape index (κ2) is 14.8. The molecule has 11 aromatic carbocycles. The van der Waals surface area contributed by atoms with E-state index >= 15 is 0 Å². The topological polar surface area (TPSA) is 16.4 Å². The molecule has 0 aliphatic carbocycles. The van der Waals surface area contributed by atoms with Gasteiger partial charge in [-0.3, -0.25) is 0 Å². The lowest BCUT2D eigenvalue weighted by atomic mass is 9.91. The lowest BCUT2D eigenvalue weighted by Gasteiger charge is -2.28. The molecule has 1 aromatic heterocycles. The van der Waals surface area contributed by atoms with Crippen molar-refractivity contribution in [1.82, 2.24) is 0 Å². The molecule has 0 saturated heterocycles. The van der Waals surface area contributed by atoms with Crippen molar-refractivity contribution in [3.63, 3.8) is 0 Å². The second-order valence-electron chi connectivity index (χ2n) is 16.0. The van der Waals surface area contributed by atoms with Crippen molar-refractivity contribution in [2.24, 2.45) is 0 Å². The van der Waals surface area contributed by atoms with Crippen LogP contribution in [0.4, 0.5) is 17.1 Å². The van der Waals surface area contributed by atoms with E-state index in [-0.39, 0.29) is 0 Å². The number of rotatable bonds is 7. The molecule has 2 heteroatoms. The fraction of sp³-hybridized carbons (Fsp3) is 0. The van der Waals surface area contributed by atoms with Gasteiger partial charge in [-0.05, 0) is 108 Å². The zero-order valence-corrected chi connectivity index (χ0v) is 33.9. The van der Waals surface area contributed by atoms with Crippen LogP contribution in [-0.2, 0) is 0 Å². The fourth-order valence-electron chi connectivity index (χ4n) is 9.55. The smallest absolute Gasteiger partial charge is 0.145 e. The van der Waals surface area contributed by atoms with Crippen LogP contribution in [0.1, 0.15) is 0 Å². The Kier molecular flexibility index (Phi) is 8.53. The van der Waals surface area contributed by atoms with E-state index in [9.17, 15) is 0 Å². The summed E-state index contributed by atoms with van der Waals surface area (Å²) in [5.74, 6) is 0. The maximum atomic E-state index is 6.95. The van der Waals surface area contributed by atoms with Gasteiger partial charge < -0.3 is 9.32 Å². The van der Waals surface area contributed by atoms with Crippen molar-refractivity contribution in [2.75, 3.05) is 4.90 Å². The second-order valence-corrected chi connectivity index (χ2v) is 16.0. The van der Waals surface area contributed by atoms with E-state index in [1.54, 1.807) is 0 Å². The molecule has 0 atom stereocenters. The Morgan fingerprint density at radius 3 is 1.69 bits per heavy atom. The molecule has 2 nitrogen and oxygen atoms in total. The minimum atomic E-state index is 0.863. The molecule has 0 radical (unpaired) electrons. The molecule has 0 bridgehead atoms. The number of para-hydroxylation sites is 1. The maximum absolute atomic E-state index is 6.95. The molecule has 0 spiro atoms. The van der Waals surface area contributed by atoms with Crippen LogP contribution in [0.3, 0.4) is 0 Å². The Bertz CT molecular complexity index is 3620. The van der Waals surface area contributed by atoms with Gasteiger partial charge in [0.05, 0.1) is 16.8 Å². The van der Waals surface area contributed by atoms with E-state index < -0.39 is 0 Å².